The minimum absolute atomic E-state index is 0.0531. The van der Waals surface area contributed by atoms with Crippen molar-refractivity contribution < 1.29 is 14.4 Å². The number of hydrogen-bond acceptors (Lipinski definition) is 5. The summed E-state index contributed by atoms with van der Waals surface area (Å²) in [7, 11) is 0. The summed E-state index contributed by atoms with van der Waals surface area (Å²) < 4.78 is 0. The molecule has 1 fully saturated rings. The number of hydrogen-bond donors (Lipinski definition) is 1. The minimum Gasteiger partial charge on any atom is -0.312 e. The summed E-state index contributed by atoms with van der Waals surface area (Å²) in [6, 6.07) is 7.70. The van der Waals surface area contributed by atoms with Crippen molar-refractivity contribution in [3.63, 3.8) is 0 Å². The molecule has 134 valence electrons. The molecule has 1 saturated heterocycles. The lowest BCUT2D eigenvalue weighted by molar-refractivity contribution is -0.122. The Balaban J connectivity index is 1.45. The van der Waals surface area contributed by atoms with Crippen LogP contribution in [0, 0.1) is 12.8 Å². The van der Waals surface area contributed by atoms with Crippen molar-refractivity contribution in [3.8, 4) is 0 Å². The molecule has 2 aliphatic rings. The zero-order chi connectivity index (χ0) is 18.3. The number of aryl methyl sites for hydroxylation is 2. The molecule has 0 saturated carbocycles. The van der Waals surface area contributed by atoms with Gasteiger partial charge in [0.2, 0.25) is 11.8 Å². The first-order chi connectivity index (χ1) is 12.5. The number of nitrogens with zero attached hydrogens (tertiary/aromatic N) is 2. The molecule has 2 heterocycles. The van der Waals surface area contributed by atoms with Crippen LogP contribution in [0.15, 0.2) is 24.3 Å². The average Bonchev–Trinajstić information content (AvgIpc) is 3.20. The van der Waals surface area contributed by atoms with Gasteiger partial charge >= 0.3 is 0 Å². The van der Waals surface area contributed by atoms with E-state index in [0.29, 0.717) is 23.0 Å². The van der Waals surface area contributed by atoms with Gasteiger partial charge in [-0.1, -0.05) is 29.0 Å². The molecule has 1 unspecified atom stereocenters. The van der Waals surface area contributed by atoms with E-state index in [0.717, 1.165) is 29.8 Å². The molecule has 1 N–H and O–H groups in total. The maximum atomic E-state index is 12.6. The smallest absolute Gasteiger partial charge is 0.231 e. The van der Waals surface area contributed by atoms with Crippen molar-refractivity contribution in [2.45, 2.75) is 32.6 Å². The minimum atomic E-state index is -0.416. The SMILES string of the molecule is Cc1ccc(N2CC(C(=O)Nc3nc4c(s3)C(=O)CCC4)CC2=O)cc1. The summed E-state index contributed by atoms with van der Waals surface area (Å²) >= 11 is 1.24. The Kier molecular flexibility index (Phi) is 4.32. The molecule has 1 aliphatic carbocycles. The molecule has 0 bridgehead atoms. The third-order valence-electron chi connectivity index (χ3n) is 4.84. The second-order valence-electron chi connectivity index (χ2n) is 6.80. The maximum absolute atomic E-state index is 12.6. The number of nitrogens with one attached hydrogen (secondary N) is 1. The van der Waals surface area contributed by atoms with Gasteiger partial charge < -0.3 is 10.2 Å². The average molecular weight is 369 g/mol. The first kappa shape index (κ1) is 16.9. The number of Topliss-reactive ketones (excluding diaryl/α,β-unsaturated/α-hetero) is 1. The Labute approximate surface area is 155 Å². The van der Waals surface area contributed by atoms with Gasteiger partial charge in [-0.05, 0) is 31.9 Å². The Hall–Kier alpha value is -2.54. The van der Waals surface area contributed by atoms with Gasteiger partial charge in [0.05, 0.1) is 16.5 Å². The molecule has 1 atom stereocenters. The number of thiazole rings is 1. The van der Waals surface area contributed by atoms with Crippen molar-refractivity contribution in [1.82, 2.24) is 4.98 Å². The van der Waals surface area contributed by atoms with E-state index in [4.69, 9.17) is 0 Å². The van der Waals surface area contributed by atoms with E-state index in [9.17, 15) is 14.4 Å². The Morgan fingerprint density at radius 2 is 2.00 bits per heavy atom. The van der Waals surface area contributed by atoms with Crippen LogP contribution in [0.1, 0.15) is 40.2 Å². The van der Waals surface area contributed by atoms with Crippen LogP contribution in [-0.2, 0) is 16.0 Å². The van der Waals surface area contributed by atoms with Crippen LogP contribution in [0.5, 0.6) is 0 Å². The highest BCUT2D eigenvalue weighted by atomic mass is 32.1. The lowest BCUT2D eigenvalue weighted by atomic mass is 10.0. The predicted molar refractivity (Wildman–Crippen MR) is 99.7 cm³/mol. The van der Waals surface area contributed by atoms with Gasteiger partial charge in [-0.3, -0.25) is 14.4 Å². The third kappa shape index (κ3) is 3.14. The predicted octanol–water partition coefficient (Wildman–Crippen LogP) is 2.96. The molecule has 6 nitrogen and oxygen atoms in total. The number of aromatic nitrogens is 1. The molecule has 2 aromatic rings. The molecule has 1 aromatic carbocycles. The number of fused-ring (bicyclic) bond motifs is 1. The fourth-order valence-corrected chi connectivity index (χ4v) is 4.37. The third-order valence-corrected chi connectivity index (χ3v) is 5.89. The van der Waals surface area contributed by atoms with Gasteiger partial charge in [-0.15, -0.1) is 0 Å². The molecule has 2 amide bonds. The van der Waals surface area contributed by atoms with Crippen LogP contribution in [0.4, 0.5) is 10.8 Å². The van der Waals surface area contributed by atoms with Crippen molar-refractivity contribution in [1.29, 1.82) is 0 Å². The van der Waals surface area contributed by atoms with E-state index in [-0.39, 0.29) is 24.0 Å². The topological polar surface area (TPSA) is 79.4 Å². The fraction of sp³-hybridized carbons (Fsp3) is 0.368. The molecular weight excluding hydrogens is 350 g/mol. The highest BCUT2D eigenvalue weighted by molar-refractivity contribution is 7.17. The summed E-state index contributed by atoms with van der Waals surface area (Å²) in [5.74, 6) is -0.583. The first-order valence-electron chi connectivity index (χ1n) is 8.72. The molecule has 0 radical (unpaired) electrons. The quantitative estimate of drug-likeness (QED) is 0.902. The van der Waals surface area contributed by atoms with Crippen molar-refractivity contribution in [2.75, 3.05) is 16.8 Å². The summed E-state index contributed by atoms with van der Waals surface area (Å²) in [4.78, 5) is 43.5. The monoisotopic (exact) mass is 369 g/mol. The highest BCUT2D eigenvalue weighted by Crippen LogP contribution is 2.31. The van der Waals surface area contributed by atoms with Crippen molar-refractivity contribution in [3.05, 3.63) is 40.4 Å². The van der Waals surface area contributed by atoms with Crippen molar-refractivity contribution >= 4 is 39.8 Å². The van der Waals surface area contributed by atoms with Gasteiger partial charge in [-0.2, -0.15) is 0 Å². The van der Waals surface area contributed by atoms with Gasteiger partial charge in [0.15, 0.2) is 10.9 Å². The zero-order valence-electron chi connectivity index (χ0n) is 14.4. The summed E-state index contributed by atoms with van der Waals surface area (Å²) in [5, 5.41) is 3.26. The zero-order valence-corrected chi connectivity index (χ0v) is 15.3. The number of benzene rings is 1. The van der Waals surface area contributed by atoms with Crippen LogP contribution < -0.4 is 10.2 Å². The maximum Gasteiger partial charge on any atom is 0.231 e. The van der Waals surface area contributed by atoms with Crippen LogP contribution >= 0.6 is 11.3 Å². The Morgan fingerprint density at radius 1 is 1.23 bits per heavy atom. The number of amides is 2. The Morgan fingerprint density at radius 3 is 2.73 bits per heavy atom. The van der Waals surface area contributed by atoms with Gasteiger partial charge in [0.25, 0.3) is 0 Å². The highest BCUT2D eigenvalue weighted by Gasteiger charge is 2.35. The van der Waals surface area contributed by atoms with Gasteiger partial charge in [0, 0.05) is 25.1 Å². The lowest BCUT2D eigenvalue weighted by Crippen LogP contribution is -2.28. The number of carbonyl (C=O) groups excluding carboxylic acids is 3. The molecule has 0 spiro atoms. The van der Waals surface area contributed by atoms with E-state index in [1.807, 2.05) is 31.2 Å². The van der Waals surface area contributed by atoms with Crippen LogP contribution in [0.25, 0.3) is 0 Å². The fourth-order valence-electron chi connectivity index (χ4n) is 3.39. The summed E-state index contributed by atoms with van der Waals surface area (Å²) in [6.07, 6.45) is 2.32. The van der Waals surface area contributed by atoms with Gasteiger partial charge in [-0.25, -0.2) is 4.98 Å². The first-order valence-corrected chi connectivity index (χ1v) is 9.53. The molecular formula is C19H19N3O3S. The molecule has 26 heavy (non-hydrogen) atoms. The van der Waals surface area contributed by atoms with Crippen molar-refractivity contribution in [2.24, 2.45) is 5.92 Å². The largest absolute Gasteiger partial charge is 0.312 e. The number of ketones is 1. The summed E-state index contributed by atoms with van der Waals surface area (Å²) in [6.45, 7) is 2.35. The van der Waals surface area contributed by atoms with E-state index < -0.39 is 5.92 Å². The lowest BCUT2D eigenvalue weighted by Gasteiger charge is -2.16. The number of anilines is 2. The van der Waals surface area contributed by atoms with Crippen LogP contribution in [-0.4, -0.2) is 29.1 Å². The van der Waals surface area contributed by atoms with E-state index in [1.165, 1.54) is 11.3 Å². The summed E-state index contributed by atoms with van der Waals surface area (Å²) in [5.41, 5.74) is 2.72. The second kappa shape index (κ2) is 6.64. The standard InChI is InChI=1S/C19H19N3O3S/c1-11-5-7-13(8-6-11)22-10-12(9-16(22)24)18(25)21-19-20-14-3-2-4-15(23)17(14)26-19/h5-8,12H,2-4,9-10H2,1H3,(H,20,21,25). The molecule has 4 rings (SSSR count). The van der Waals surface area contributed by atoms with Gasteiger partial charge in [0.1, 0.15) is 0 Å². The Bertz CT molecular complexity index is 888. The van der Waals surface area contributed by atoms with E-state index in [1.54, 1.807) is 4.90 Å². The van der Waals surface area contributed by atoms with Crippen LogP contribution in [0.2, 0.25) is 0 Å². The van der Waals surface area contributed by atoms with Crippen LogP contribution in [0.3, 0.4) is 0 Å². The number of rotatable bonds is 3. The molecule has 7 heteroatoms. The van der Waals surface area contributed by atoms with E-state index >= 15 is 0 Å². The molecule has 1 aliphatic heterocycles. The second-order valence-corrected chi connectivity index (χ2v) is 7.80. The molecule has 1 aromatic heterocycles. The number of carbonyl (C=O) groups is 3. The van der Waals surface area contributed by atoms with E-state index in [2.05, 4.69) is 10.3 Å². The normalized spacial score (nSPS) is 19.6.